The Morgan fingerprint density at radius 2 is 2.39 bits per heavy atom. The SMILES string of the molecule is Cl.Cn1ncc(Cl)c1S(=O)(=O)NCC1CCNC1. The van der Waals surface area contributed by atoms with Crippen LogP contribution in [-0.2, 0) is 17.1 Å². The molecule has 0 spiro atoms. The molecule has 2 heterocycles. The molecule has 1 atom stereocenters. The molecular formula is C9H16Cl2N4O2S. The molecule has 2 N–H and O–H groups in total. The van der Waals surface area contributed by atoms with E-state index in [1.165, 1.54) is 10.9 Å². The first kappa shape index (κ1) is 15.7. The summed E-state index contributed by atoms with van der Waals surface area (Å²) in [5.74, 6) is 0.344. The molecule has 0 aliphatic carbocycles. The van der Waals surface area contributed by atoms with Crippen LogP contribution in [0.1, 0.15) is 6.42 Å². The van der Waals surface area contributed by atoms with Gasteiger partial charge in [0.25, 0.3) is 10.0 Å². The van der Waals surface area contributed by atoms with Crippen molar-refractivity contribution in [3.63, 3.8) is 0 Å². The minimum atomic E-state index is -3.58. The maximum Gasteiger partial charge on any atom is 0.259 e. The Hall–Kier alpha value is -0.340. The van der Waals surface area contributed by atoms with E-state index < -0.39 is 10.0 Å². The lowest BCUT2D eigenvalue weighted by Crippen LogP contribution is -2.31. The third-order valence-electron chi connectivity index (χ3n) is 2.82. The maximum atomic E-state index is 12.0. The molecule has 104 valence electrons. The monoisotopic (exact) mass is 314 g/mol. The largest absolute Gasteiger partial charge is 0.316 e. The normalized spacial score (nSPS) is 19.8. The molecule has 1 fully saturated rings. The second-order valence-corrected chi connectivity index (χ2v) is 6.22. The second-order valence-electron chi connectivity index (χ2n) is 4.13. The Balaban J connectivity index is 0.00000162. The van der Waals surface area contributed by atoms with Gasteiger partial charge < -0.3 is 5.32 Å². The highest BCUT2D eigenvalue weighted by atomic mass is 35.5. The number of rotatable bonds is 4. The first-order chi connectivity index (χ1) is 8.00. The summed E-state index contributed by atoms with van der Waals surface area (Å²) in [4.78, 5) is 0. The van der Waals surface area contributed by atoms with Crippen LogP contribution in [0.25, 0.3) is 0 Å². The number of sulfonamides is 1. The summed E-state index contributed by atoms with van der Waals surface area (Å²) in [6.45, 7) is 2.22. The fourth-order valence-electron chi connectivity index (χ4n) is 1.89. The van der Waals surface area contributed by atoms with Crippen LogP contribution in [0.2, 0.25) is 5.02 Å². The summed E-state index contributed by atoms with van der Waals surface area (Å²) in [6, 6.07) is 0. The molecule has 1 aromatic rings. The van der Waals surface area contributed by atoms with E-state index in [1.807, 2.05) is 0 Å². The summed E-state index contributed by atoms with van der Waals surface area (Å²) >= 11 is 5.81. The first-order valence-corrected chi connectivity index (χ1v) is 7.24. The number of hydrogen-bond donors (Lipinski definition) is 2. The summed E-state index contributed by atoms with van der Waals surface area (Å²) in [6.07, 6.45) is 2.31. The van der Waals surface area contributed by atoms with Crippen molar-refractivity contribution in [2.45, 2.75) is 11.4 Å². The molecule has 6 nitrogen and oxygen atoms in total. The summed E-state index contributed by atoms with van der Waals surface area (Å²) in [5.41, 5.74) is 0. The molecule has 1 saturated heterocycles. The van der Waals surface area contributed by atoms with E-state index in [2.05, 4.69) is 15.1 Å². The quantitative estimate of drug-likeness (QED) is 0.842. The van der Waals surface area contributed by atoms with Gasteiger partial charge in [-0.2, -0.15) is 5.10 Å². The molecule has 2 rings (SSSR count). The highest BCUT2D eigenvalue weighted by Crippen LogP contribution is 2.19. The van der Waals surface area contributed by atoms with Crippen LogP contribution in [0.4, 0.5) is 0 Å². The minimum absolute atomic E-state index is 0. The van der Waals surface area contributed by atoms with Gasteiger partial charge in [-0.25, -0.2) is 13.1 Å². The van der Waals surface area contributed by atoms with Gasteiger partial charge in [0, 0.05) is 13.6 Å². The van der Waals surface area contributed by atoms with Gasteiger partial charge in [0.05, 0.1) is 11.2 Å². The van der Waals surface area contributed by atoms with Gasteiger partial charge in [0.2, 0.25) is 0 Å². The van der Waals surface area contributed by atoms with Gasteiger partial charge in [-0.1, -0.05) is 11.6 Å². The Bertz CT molecular complexity index is 477. The van der Waals surface area contributed by atoms with Gasteiger partial charge in [-0.15, -0.1) is 12.4 Å². The Kier molecular flexibility index (Phi) is 5.42. The molecule has 1 unspecified atom stereocenters. The van der Waals surface area contributed by atoms with E-state index in [9.17, 15) is 8.42 Å². The Morgan fingerprint density at radius 3 is 2.89 bits per heavy atom. The predicted octanol–water partition coefficient (Wildman–Crippen LogP) is 0.383. The van der Waals surface area contributed by atoms with Crippen molar-refractivity contribution in [3.05, 3.63) is 11.2 Å². The van der Waals surface area contributed by atoms with Crippen LogP contribution in [-0.4, -0.2) is 37.8 Å². The van der Waals surface area contributed by atoms with Crippen LogP contribution >= 0.6 is 24.0 Å². The van der Waals surface area contributed by atoms with Gasteiger partial charge >= 0.3 is 0 Å². The predicted molar refractivity (Wildman–Crippen MR) is 71.6 cm³/mol. The van der Waals surface area contributed by atoms with Crippen LogP contribution < -0.4 is 10.0 Å². The molecule has 0 amide bonds. The van der Waals surface area contributed by atoms with Crippen molar-refractivity contribution in [3.8, 4) is 0 Å². The summed E-state index contributed by atoms with van der Waals surface area (Å²) in [5, 5.41) is 7.16. The highest BCUT2D eigenvalue weighted by Gasteiger charge is 2.24. The van der Waals surface area contributed by atoms with Crippen molar-refractivity contribution >= 4 is 34.0 Å². The molecule has 0 radical (unpaired) electrons. The Labute approximate surface area is 118 Å². The molecule has 18 heavy (non-hydrogen) atoms. The fourth-order valence-corrected chi connectivity index (χ4v) is 3.65. The number of aryl methyl sites for hydroxylation is 1. The average molecular weight is 315 g/mol. The molecule has 1 aliphatic rings. The van der Waals surface area contributed by atoms with Crippen LogP contribution in [0.3, 0.4) is 0 Å². The standard InChI is InChI=1S/C9H15ClN4O2S.ClH/c1-14-9(8(10)6-12-14)17(15,16)13-5-7-2-3-11-4-7;/h6-7,11,13H,2-5H2,1H3;1H. The topological polar surface area (TPSA) is 76.0 Å². The van der Waals surface area contributed by atoms with Crippen molar-refractivity contribution in [2.75, 3.05) is 19.6 Å². The van der Waals surface area contributed by atoms with E-state index in [1.54, 1.807) is 7.05 Å². The summed E-state index contributed by atoms with van der Waals surface area (Å²) < 4.78 is 27.9. The number of halogens is 2. The molecule has 9 heteroatoms. The zero-order chi connectivity index (χ0) is 12.5. The van der Waals surface area contributed by atoms with Gasteiger partial charge in [0.15, 0.2) is 5.03 Å². The van der Waals surface area contributed by atoms with E-state index in [0.29, 0.717) is 12.5 Å². The zero-order valence-corrected chi connectivity index (χ0v) is 12.3. The van der Waals surface area contributed by atoms with Crippen molar-refractivity contribution < 1.29 is 8.42 Å². The highest BCUT2D eigenvalue weighted by molar-refractivity contribution is 7.89. The number of nitrogens with zero attached hydrogens (tertiary/aromatic N) is 2. The van der Waals surface area contributed by atoms with E-state index in [4.69, 9.17) is 11.6 Å². The molecular weight excluding hydrogens is 299 g/mol. The number of aromatic nitrogens is 2. The van der Waals surface area contributed by atoms with Crippen LogP contribution in [0.5, 0.6) is 0 Å². The lowest BCUT2D eigenvalue weighted by Gasteiger charge is -2.11. The molecule has 0 aromatic carbocycles. The van der Waals surface area contributed by atoms with Crippen molar-refractivity contribution in [1.82, 2.24) is 19.8 Å². The van der Waals surface area contributed by atoms with Crippen LogP contribution in [0.15, 0.2) is 11.2 Å². The zero-order valence-electron chi connectivity index (χ0n) is 9.89. The van der Waals surface area contributed by atoms with E-state index in [-0.39, 0.29) is 22.5 Å². The molecule has 0 saturated carbocycles. The minimum Gasteiger partial charge on any atom is -0.316 e. The lowest BCUT2D eigenvalue weighted by molar-refractivity contribution is 0.529. The lowest BCUT2D eigenvalue weighted by atomic mass is 10.1. The molecule has 1 aromatic heterocycles. The smallest absolute Gasteiger partial charge is 0.259 e. The second kappa shape index (κ2) is 6.21. The average Bonchev–Trinajstić information content (AvgIpc) is 2.86. The molecule has 0 bridgehead atoms. The first-order valence-electron chi connectivity index (χ1n) is 5.38. The van der Waals surface area contributed by atoms with Gasteiger partial charge in [0.1, 0.15) is 0 Å². The third kappa shape index (κ3) is 3.36. The van der Waals surface area contributed by atoms with Crippen molar-refractivity contribution in [2.24, 2.45) is 13.0 Å². The van der Waals surface area contributed by atoms with Crippen molar-refractivity contribution in [1.29, 1.82) is 0 Å². The fraction of sp³-hybridized carbons (Fsp3) is 0.667. The maximum absolute atomic E-state index is 12.0. The third-order valence-corrected chi connectivity index (χ3v) is 4.75. The Morgan fingerprint density at radius 1 is 1.67 bits per heavy atom. The van der Waals surface area contributed by atoms with E-state index >= 15 is 0 Å². The van der Waals surface area contributed by atoms with E-state index in [0.717, 1.165) is 19.5 Å². The molecule has 1 aliphatic heterocycles. The number of hydrogen-bond acceptors (Lipinski definition) is 4. The van der Waals surface area contributed by atoms with Crippen LogP contribution in [0, 0.1) is 5.92 Å². The number of nitrogens with one attached hydrogen (secondary N) is 2. The van der Waals surface area contributed by atoms with Gasteiger partial charge in [-0.3, -0.25) is 4.68 Å². The van der Waals surface area contributed by atoms with Gasteiger partial charge in [-0.05, 0) is 25.4 Å². The summed E-state index contributed by atoms with van der Waals surface area (Å²) in [7, 11) is -2.02.